The van der Waals surface area contributed by atoms with Gasteiger partial charge in [0.1, 0.15) is 0 Å². The fourth-order valence-electron chi connectivity index (χ4n) is 2.20. The minimum absolute atomic E-state index is 0.00162. The largest absolute Gasteiger partial charge is 0.376 e. The molecule has 102 valence electrons. The summed E-state index contributed by atoms with van der Waals surface area (Å²) in [5, 5.41) is 14.4. The molecule has 20 heavy (non-hydrogen) atoms. The number of fused-ring (bicyclic) bond motifs is 1. The van der Waals surface area contributed by atoms with Crippen LogP contribution in [0.25, 0.3) is 0 Å². The lowest BCUT2D eigenvalue weighted by Gasteiger charge is -2.15. The van der Waals surface area contributed by atoms with E-state index in [1.165, 1.54) is 22.6 Å². The van der Waals surface area contributed by atoms with Crippen molar-refractivity contribution in [3.8, 4) is 0 Å². The van der Waals surface area contributed by atoms with Crippen LogP contribution in [-0.4, -0.2) is 10.7 Å². The molecule has 0 amide bonds. The lowest BCUT2D eigenvalue weighted by molar-refractivity contribution is -0.384. The van der Waals surface area contributed by atoms with Gasteiger partial charge in [0.25, 0.3) is 5.69 Å². The van der Waals surface area contributed by atoms with Gasteiger partial charge in [-0.25, -0.2) is 0 Å². The van der Waals surface area contributed by atoms with Crippen molar-refractivity contribution in [1.82, 2.24) is 0 Å². The minimum atomic E-state index is -0.448. The van der Waals surface area contributed by atoms with E-state index in [-0.39, 0.29) is 11.7 Å². The van der Waals surface area contributed by atoms with E-state index in [9.17, 15) is 10.1 Å². The van der Waals surface area contributed by atoms with E-state index in [1.54, 1.807) is 17.8 Å². The fraction of sp³-hybridized carbons (Fsp3) is 0.143. The average Bonchev–Trinajstić information content (AvgIpc) is 2.84. The molecule has 1 aliphatic heterocycles. The van der Waals surface area contributed by atoms with Gasteiger partial charge in [0.05, 0.1) is 21.7 Å². The van der Waals surface area contributed by atoms with E-state index < -0.39 is 4.92 Å². The number of halogens is 1. The Morgan fingerprint density at radius 2 is 2.10 bits per heavy atom. The summed E-state index contributed by atoms with van der Waals surface area (Å²) >= 11 is 7.90. The van der Waals surface area contributed by atoms with Crippen LogP contribution in [0.5, 0.6) is 0 Å². The molecule has 1 unspecified atom stereocenters. The summed E-state index contributed by atoms with van der Waals surface area (Å²) in [7, 11) is 0. The smallest absolute Gasteiger partial charge is 0.271 e. The van der Waals surface area contributed by atoms with Gasteiger partial charge < -0.3 is 5.32 Å². The van der Waals surface area contributed by atoms with Crippen molar-refractivity contribution in [2.24, 2.45) is 0 Å². The number of nitro benzene ring substituents is 1. The molecule has 0 bridgehead atoms. The average molecular weight is 307 g/mol. The molecule has 1 N–H and O–H groups in total. The van der Waals surface area contributed by atoms with Gasteiger partial charge in [0, 0.05) is 22.8 Å². The van der Waals surface area contributed by atoms with Crippen molar-refractivity contribution in [3.05, 3.63) is 63.2 Å². The minimum Gasteiger partial charge on any atom is -0.376 e. The summed E-state index contributed by atoms with van der Waals surface area (Å²) in [6.07, 6.45) is 0. The van der Waals surface area contributed by atoms with Gasteiger partial charge in [-0.15, -0.1) is 11.8 Å². The molecular weight excluding hydrogens is 296 g/mol. The van der Waals surface area contributed by atoms with Gasteiger partial charge in [-0.2, -0.15) is 0 Å². The number of nitro groups is 1. The Balaban J connectivity index is 1.84. The molecule has 1 heterocycles. The van der Waals surface area contributed by atoms with Gasteiger partial charge in [0.15, 0.2) is 0 Å². The first-order chi connectivity index (χ1) is 9.65. The van der Waals surface area contributed by atoms with Gasteiger partial charge in [-0.3, -0.25) is 10.1 Å². The maximum atomic E-state index is 10.7. The lowest BCUT2D eigenvalue weighted by atomic mass is 10.1. The van der Waals surface area contributed by atoms with Crippen molar-refractivity contribution < 1.29 is 4.92 Å². The molecular formula is C14H11ClN2O2S. The van der Waals surface area contributed by atoms with Gasteiger partial charge in [-0.1, -0.05) is 29.8 Å². The van der Waals surface area contributed by atoms with Crippen LogP contribution < -0.4 is 5.32 Å². The maximum Gasteiger partial charge on any atom is 0.271 e. The molecule has 2 aromatic rings. The monoisotopic (exact) mass is 306 g/mol. The molecule has 1 aliphatic rings. The molecule has 0 fully saturated rings. The molecule has 3 rings (SSSR count). The molecule has 6 heteroatoms. The second kappa shape index (κ2) is 5.34. The Morgan fingerprint density at radius 3 is 2.85 bits per heavy atom. The standard InChI is InChI=1S/C14H11ClN2O2S/c15-11-7-9(17(18)19)5-6-12(11)16-13-8-20-14-4-2-1-3-10(13)14/h1-7,13,16H,8H2. The number of nitrogens with zero attached hydrogens (tertiary/aromatic N) is 1. The highest BCUT2D eigenvalue weighted by molar-refractivity contribution is 7.99. The zero-order chi connectivity index (χ0) is 14.1. The second-order valence-electron chi connectivity index (χ2n) is 4.47. The van der Waals surface area contributed by atoms with Crippen LogP contribution in [0.3, 0.4) is 0 Å². The summed E-state index contributed by atoms with van der Waals surface area (Å²) in [5.41, 5.74) is 1.97. The number of hydrogen-bond acceptors (Lipinski definition) is 4. The molecule has 1 atom stereocenters. The topological polar surface area (TPSA) is 55.2 Å². The molecule has 2 aromatic carbocycles. The van der Waals surface area contributed by atoms with Crippen LogP contribution in [0.1, 0.15) is 11.6 Å². The summed E-state index contributed by atoms with van der Waals surface area (Å²) in [6, 6.07) is 12.9. The van der Waals surface area contributed by atoms with Crippen LogP contribution in [0.15, 0.2) is 47.4 Å². The molecule has 0 saturated heterocycles. The summed E-state index contributed by atoms with van der Waals surface area (Å²) in [5.74, 6) is 0.923. The van der Waals surface area contributed by atoms with Crippen LogP contribution in [0.4, 0.5) is 11.4 Å². The van der Waals surface area contributed by atoms with Crippen molar-refractivity contribution in [1.29, 1.82) is 0 Å². The third-order valence-electron chi connectivity index (χ3n) is 3.19. The zero-order valence-electron chi connectivity index (χ0n) is 10.4. The third-order valence-corrected chi connectivity index (χ3v) is 4.69. The van der Waals surface area contributed by atoms with Gasteiger partial charge >= 0.3 is 0 Å². The predicted molar refractivity (Wildman–Crippen MR) is 81.6 cm³/mol. The highest BCUT2D eigenvalue weighted by Crippen LogP contribution is 2.40. The van der Waals surface area contributed by atoms with Gasteiger partial charge in [0.2, 0.25) is 0 Å². The van der Waals surface area contributed by atoms with E-state index in [0.29, 0.717) is 5.02 Å². The highest BCUT2D eigenvalue weighted by atomic mass is 35.5. The number of nitrogens with one attached hydrogen (secondary N) is 1. The van der Waals surface area contributed by atoms with Crippen LogP contribution in [0.2, 0.25) is 5.02 Å². The Morgan fingerprint density at radius 1 is 1.30 bits per heavy atom. The van der Waals surface area contributed by atoms with E-state index in [2.05, 4.69) is 17.4 Å². The number of hydrogen-bond donors (Lipinski definition) is 1. The van der Waals surface area contributed by atoms with Crippen LogP contribution >= 0.6 is 23.4 Å². The lowest BCUT2D eigenvalue weighted by Crippen LogP contribution is -2.10. The Hall–Kier alpha value is -1.72. The molecule has 0 aromatic heterocycles. The van der Waals surface area contributed by atoms with E-state index in [0.717, 1.165) is 11.4 Å². The number of non-ortho nitro benzene ring substituents is 1. The van der Waals surface area contributed by atoms with Crippen LogP contribution in [-0.2, 0) is 0 Å². The summed E-state index contributed by atoms with van der Waals surface area (Å²) in [4.78, 5) is 11.5. The first-order valence-corrected chi connectivity index (χ1v) is 7.44. The normalized spacial score (nSPS) is 16.8. The second-order valence-corrected chi connectivity index (χ2v) is 5.94. The molecule has 0 aliphatic carbocycles. The highest BCUT2D eigenvalue weighted by Gasteiger charge is 2.23. The van der Waals surface area contributed by atoms with Crippen molar-refractivity contribution in [3.63, 3.8) is 0 Å². The van der Waals surface area contributed by atoms with E-state index in [4.69, 9.17) is 11.6 Å². The SMILES string of the molecule is O=[N+]([O-])c1ccc(NC2CSc3ccccc32)c(Cl)c1. The summed E-state index contributed by atoms with van der Waals surface area (Å²) in [6.45, 7) is 0. The third kappa shape index (κ3) is 2.46. The van der Waals surface area contributed by atoms with Crippen molar-refractivity contribution in [2.45, 2.75) is 10.9 Å². The fourth-order valence-corrected chi connectivity index (χ4v) is 3.59. The number of rotatable bonds is 3. The Labute approximate surface area is 125 Å². The molecule has 0 spiro atoms. The predicted octanol–water partition coefficient (Wildman–Crippen LogP) is 4.51. The van der Waals surface area contributed by atoms with E-state index >= 15 is 0 Å². The quantitative estimate of drug-likeness (QED) is 0.669. The zero-order valence-corrected chi connectivity index (χ0v) is 11.9. The van der Waals surface area contributed by atoms with Crippen molar-refractivity contribution >= 4 is 34.7 Å². The maximum absolute atomic E-state index is 10.7. The van der Waals surface area contributed by atoms with E-state index in [1.807, 2.05) is 12.1 Å². The number of thioether (sulfide) groups is 1. The first-order valence-electron chi connectivity index (χ1n) is 6.07. The van der Waals surface area contributed by atoms with Crippen molar-refractivity contribution in [2.75, 3.05) is 11.1 Å². The number of benzene rings is 2. The Bertz CT molecular complexity index is 678. The van der Waals surface area contributed by atoms with Crippen LogP contribution in [0, 0.1) is 10.1 Å². The molecule has 0 saturated carbocycles. The Kier molecular flexibility index (Phi) is 3.54. The molecule has 0 radical (unpaired) electrons. The number of anilines is 1. The summed E-state index contributed by atoms with van der Waals surface area (Å²) < 4.78 is 0. The van der Waals surface area contributed by atoms with Gasteiger partial charge in [-0.05, 0) is 17.7 Å². The molecule has 4 nitrogen and oxygen atoms in total. The first kappa shape index (κ1) is 13.3.